The Hall–Kier alpha value is -2.39. The number of carboxylic acids is 1. The number of benzene rings is 1. The van der Waals surface area contributed by atoms with E-state index in [0.717, 1.165) is 21.8 Å². The van der Waals surface area contributed by atoms with Crippen molar-refractivity contribution >= 4 is 45.2 Å². The number of aromatic nitrogens is 1. The van der Waals surface area contributed by atoms with Crippen molar-refractivity contribution in [2.45, 2.75) is 18.2 Å². The third-order valence-corrected chi connectivity index (χ3v) is 5.12. The highest BCUT2D eigenvalue weighted by molar-refractivity contribution is 9.10. The Balaban J connectivity index is 2.17. The maximum atomic E-state index is 12.9. The van der Waals surface area contributed by atoms with Crippen LogP contribution in [-0.4, -0.2) is 51.4 Å². The molecule has 0 radical (unpaired) electrons. The minimum Gasteiger partial charge on any atom is -0.482 e. The molecule has 1 heterocycles. The number of carbonyl (C=O) groups is 3. The molecule has 1 aromatic carbocycles. The van der Waals surface area contributed by atoms with Gasteiger partial charge in [-0.3, -0.25) is 14.6 Å². The van der Waals surface area contributed by atoms with E-state index in [2.05, 4.69) is 20.9 Å². The van der Waals surface area contributed by atoms with Gasteiger partial charge in [0, 0.05) is 30.5 Å². The van der Waals surface area contributed by atoms with E-state index in [9.17, 15) is 14.4 Å². The molecule has 0 aliphatic carbocycles. The Morgan fingerprint density at radius 3 is 2.68 bits per heavy atom. The maximum Gasteiger partial charge on any atom is 0.341 e. The van der Waals surface area contributed by atoms with Gasteiger partial charge < -0.3 is 14.7 Å². The number of ether oxygens (including phenoxy) is 1. The molecule has 1 unspecified atom stereocenters. The standard InChI is InChI=1S/C19H19BrN2O5S/c1-22(10-13-4-6-21-7-5-13)19(26)17(28-12-23)9-14-8-15(20)2-3-16(14)27-11-18(24)25/h2-8,12,17H,9-11H2,1H3,(H,24,25). The van der Waals surface area contributed by atoms with E-state index < -0.39 is 17.8 Å². The number of aliphatic carboxylic acids is 1. The molecule has 7 nitrogen and oxygen atoms in total. The first-order chi connectivity index (χ1) is 13.4. The lowest BCUT2D eigenvalue weighted by molar-refractivity contribution is -0.139. The number of carboxylic acid groups (broad SMARTS) is 1. The van der Waals surface area contributed by atoms with Crippen molar-refractivity contribution in [1.29, 1.82) is 0 Å². The van der Waals surface area contributed by atoms with Crippen LogP contribution in [0, 0.1) is 0 Å². The second-order valence-corrected chi connectivity index (χ2v) is 7.86. The third-order valence-electron chi connectivity index (χ3n) is 3.82. The summed E-state index contributed by atoms with van der Waals surface area (Å²) in [4.78, 5) is 40.3. The van der Waals surface area contributed by atoms with Gasteiger partial charge in [-0.25, -0.2) is 4.79 Å². The van der Waals surface area contributed by atoms with Crippen LogP contribution in [0.5, 0.6) is 5.75 Å². The average molecular weight is 467 g/mol. The number of halogens is 1. The fourth-order valence-corrected chi connectivity index (χ4v) is 3.65. The first-order valence-electron chi connectivity index (χ1n) is 8.26. The molecule has 0 saturated heterocycles. The van der Waals surface area contributed by atoms with Gasteiger partial charge in [-0.15, -0.1) is 0 Å². The average Bonchev–Trinajstić information content (AvgIpc) is 2.67. The van der Waals surface area contributed by atoms with Crippen molar-refractivity contribution in [3.63, 3.8) is 0 Å². The van der Waals surface area contributed by atoms with Gasteiger partial charge in [0.15, 0.2) is 12.2 Å². The molecule has 0 spiro atoms. The molecule has 2 aromatic rings. The van der Waals surface area contributed by atoms with Gasteiger partial charge >= 0.3 is 5.97 Å². The molecule has 9 heteroatoms. The Morgan fingerprint density at radius 1 is 1.32 bits per heavy atom. The highest BCUT2D eigenvalue weighted by Crippen LogP contribution is 2.28. The van der Waals surface area contributed by atoms with Gasteiger partial charge in [-0.1, -0.05) is 27.7 Å². The minimum absolute atomic E-state index is 0.210. The van der Waals surface area contributed by atoms with E-state index in [1.165, 1.54) is 0 Å². The maximum absolute atomic E-state index is 12.9. The molecule has 0 aliphatic rings. The van der Waals surface area contributed by atoms with Crippen molar-refractivity contribution in [3.8, 4) is 5.75 Å². The zero-order valence-corrected chi connectivity index (χ0v) is 17.5. The topological polar surface area (TPSA) is 96.8 Å². The Kier molecular flexibility index (Phi) is 8.46. The first kappa shape index (κ1) is 21.9. The van der Waals surface area contributed by atoms with Crippen LogP contribution in [0.25, 0.3) is 0 Å². The second-order valence-electron chi connectivity index (χ2n) is 5.91. The molecule has 0 saturated carbocycles. The van der Waals surface area contributed by atoms with E-state index >= 15 is 0 Å². The third kappa shape index (κ3) is 6.65. The molecule has 1 N–H and O–H groups in total. The van der Waals surface area contributed by atoms with E-state index in [-0.39, 0.29) is 12.3 Å². The molecule has 2 rings (SSSR count). The van der Waals surface area contributed by atoms with Gasteiger partial charge in [-0.2, -0.15) is 0 Å². The fourth-order valence-electron chi connectivity index (χ4n) is 2.53. The van der Waals surface area contributed by atoms with Gasteiger partial charge in [0.25, 0.3) is 0 Å². The predicted octanol–water partition coefficient (Wildman–Crippen LogP) is 2.80. The van der Waals surface area contributed by atoms with E-state index in [0.29, 0.717) is 23.5 Å². The summed E-state index contributed by atoms with van der Waals surface area (Å²) in [6, 6.07) is 8.75. The van der Waals surface area contributed by atoms with Crippen molar-refractivity contribution in [3.05, 3.63) is 58.3 Å². The van der Waals surface area contributed by atoms with Gasteiger partial charge in [-0.05, 0) is 47.9 Å². The van der Waals surface area contributed by atoms with Gasteiger partial charge in [0.05, 0.1) is 5.25 Å². The minimum atomic E-state index is -1.10. The Morgan fingerprint density at radius 2 is 2.04 bits per heavy atom. The van der Waals surface area contributed by atoms with Crippen LogP contribution in [0.2, 0.25) is 0 Å². The normalized spacial score (nSPS) is 11.5. The van der Waals surface area contributed by atoms with Crippen LogP contribution in [0.15, 0.2) is 47.2 Å². The molecule has 0 aliphatic heterocycles. The summed E-state index contributed by atoms with van der Waals surface area (Å²) in [5.41, 5.74) is 2.20. The summed E-state index contributed by atoms with van der Waals surface area (Å²) >= 11 is 4.25. The number of hydrogen-bond donors (Lipinski definition) is 1. The predicted molar refractivity (Wildman–Crippen MR) is 110 cm³/mol. The zero-order valence-electron chi connectivity index (χ0n) is 15.1. The zero-order chi connectivity index (χ0) is 20.5. The summed E-state index contributed by atoms with van der Waals surface area (Å²) in [6.45, 7) is -0.103. The molecule has 0 fully saturated rings. The van der Waals surface area contributed by atoms with Crippen molar-refractivity contribution < 1.29 is 24.2 Å². The number of carbonyl (C=O) groups excluding carboxylic acids is 2. The number of hydrogen-bond acceptors (Lipinski definition) is 6. The van der Waals surface area contributed by atoms with Crippen LogP contribution < -0.4 is 4.74 Å². The first-order valence-corrected chi connectivity index (χ1v) is 10.00. The number of thioether (sulfide) groups is 1. The van der Waals surface area contributed by atoms with Crippen LogP contribution in [0.4, 0.5) is 0 Å². The van der Waals surface area contributed by atoms with Crippen molar-refractivity contribution in [2.75, 3.05) is 13.7 Å². The molecular formula is C19H19BrN2O5S. The Bertz CT molecular complexity index is 834. The van der Waals surface area contributed by atoms with Crippen LogP contribution in [0.3, 0.4) is 0 Å². The highest BCUT2D eigenvalue weighted by atomic mass is 79.9. The van der Waals surface area contributed by atoms with Gasteiger partial charge in [0.1, 0.15) is 5.75 Å². The van der Waals surface area contributed by atoms with Crippen molar-refractivity contribution in [2.24, 2.45) is 0 Å². The van der Waals surface area contributed by atoms with Crippen molar-refractivity contribution in [1.82, 2.24) is 9.88 Å². The lowest BCUT2D eigenvalue weighted by Gasteiger charge is -2.23. The number of pyridine rings is 1. The van der Waals surface area contributed by atoms with Crippen LogP contribution in [0.1, 0.15) is 11.1 Å². The lowest BCUT2D eigenvalue weighted by Crippen LogP contribution is -2.35. The molecule has 1 aromatic heterocycles. The molecule has 1 atom stereocenters. The molecular weight excluding hydrogens is 448 g/mol. The molecule has 28 heavy (non-hydrogen) atoms. The SMILES string of the molecule is CN(Cc1ccncc1)C(=O)C(Cc1cc(Br)ccc1OCC(=O)O)SC=O. The molecule has 0 bridgehead atoms. The molecule has 148 valence electrons. The van der Waals surface area contributed by atoms with E-state index in [4.69, 9.17) is 9.84 Å². The highest BCUT2D eigenvalue weighted by Gasteiger charge is 2.25. The molecule has 1 amide bonds. The number of amides is 1. The fraction of sp³-hybridized carbons (Fsp3) is 0.263. The van der Waals surface area contributed by atoms with Gasteiger partial charge in [0.2, 0.25) is 5.91 Å². The van der Waals surface area contributed by atoms with E-state index in [1.54, 1.807) is 42.5 Å². The van der Waals surface area contributed by atoms with Crippen LogP contribution >= 0.6 is 27.7 Å². The number of rotatable bonds is 10. The van der Waals surface area contributed by atoms with Crippen LogP contribution in [-0.2, 0) is 27.3 Å². The largest absolute Gasteiger partial charge is 0.482 e. The summed E-state index contributed by atoms with van der Waals surface area (Å²) < 4.78 is 6.08. The summed E-state index contributed by atoms with van der Waals surface area (Å²) in [7, 11) is 1.67. The van der Waals surface area contributed by atoms with E-state index in [1.807, 2.05) is 12.1 Å². The number of nitrogens with zero attached hydrogens (tertiary/aromatic N) is 2. The quantitative estimate of drug-likeness (QED) is 0.537. The smallest absolute Gasteiger partial charge is 0.341 e. The summed E-state index contributed by atoms with van der Waals surface area (Å²) in [5, 5.41) is 8.18. The lowest BCUT2D eigenvalue weighted by atomic mass is 10.1. The monoisotopic (exact) mass is 466 g/mol. The Labute approximate surface area is 175 Å². The summed E-state index contributed by atoms with van der Waals surface area (Å²) in [5.74, 6) is -0.939. The summed E-state index contributed by atoms with van der Waals surface area (Å²) in [6.07, 6.45) is 3.52. The second kappa shape index (κ2) is 10.8.